The number of para-hydroxylation sites is 1. The number of carbonyl (C=O) groups is 1. The second kappa shape index (κ2) is 6.88. The van der Waals surface area contributed by atoms with Crippen LogP contribution in [-0.4, -0.2) is 22.0 Å². The highest BCUT2D eigenvalue weighted by atomic mass is 32.1. The Morgan fingerprint density at radius 3 is 2.85 bits per heavy atom. The van der Waals surface area contributed by atoms with Crippen LogP contribution in [0.25, 0.3) is 16.5 Å². The van der Waals surface area contributed by atoms with Crippen LogP contribution in [0, 0.1) is 5.92 Å². The molecule has 26 heavy (non-hydrogen) atoms. The van der Waals surface area contributed by atoms with Gasteiger partial charge in [0.25, 0.3) is 0 Å². The van der Waals surface area contributed by atoms with Gasteiger partial charge in [0.2, 0.25) is 5.91 Å². The van der Waals surface area contributed by atoms with Crippen LogP contribution in [-0.2, 0) is 4.79 Å². The van der Waals surface area contributed by atoms with E-state index >= 15 is 0 Å². The number of hydrogen-bond donors (Lipinski definition) is 1. The number of rotatable bonds is 5. The molecule has 1 aliphatic carbocycles. The van der Waals surface area contributed by atoms with Crippen molar-refractivity contribution in [2.75, 3.05) is 5.32 Å². The van der Waals surface area contributed by atoms with Gasteiger partial charge in [-0.1, -0.05) is 36.1 Å². The predicted octanol–water partition coefficient (Wildman–Crippen LogP) is 4.52. The summed E-state index contributed by atoms with van der Waals surface area (Å²) < 4.78 is 6.06. The van der Waals surface area contributed by atoms with Crippen molar-refractivity contribution >= 4 is 38.9 Å². The third kappa shape index (κ3) is 3.32. The monoisotopic (exact) mass is 365 g/mol. The Labute approximate surface area is 155 Å². The number of nitrogens with zero attached hydrogens (tertiary/aromatic N) is 2. The molecular formula is C20H19N3O2S. The lowest BCUT2D eigenvalue weighted by Crippen LogP contribution is -2.40. The first-order valence-corrected chi connectivity index (χ1v) is 9.35. The van der Waals surface area contributed by atoms with Crippen molar-refractivity contribution in [3.8, 4) is 5.75 Å². The van der Waals surface area contributed by atoms with Crippen LogP contribution in [0.5, 0.6) is 5.75 Å². The number of pyridine rings is 1. The average molecular weight is 365 g/mol. The average Bonchev–Trinajstić information content (AvgIpc) is 3.06. The first-order valence-electron chi connectivity index (χ1n) is 8.53. The fourth-order valence-electron chi connectivity index (χ4n) is 2.96. The number of nitrogens with one attached hydrogen (secondary N) is 1. The van der Waals surface area contributed by atoms with Gasteiger partial charge in [-0.25, -0.2) is 4.98 Å². The van der Waals surface area contributed by atoms with Crippen molar-refractivity contribution in [3.63, 3.8) is 0 Å². The number of carbonyl (C=O) groups excluding carboxylic acids is 1. The van der Waals surface area contributed by atoms with Crippen LogP contribution in [0.4, 0.5) is 5.13 Å². The van der Waals surface area contributed by atoms with E-state index in [1.54, 1.807) is 12.4 Å². The second-order valence-electron chi connectivity index (χ2n) is 6.54. The van der Waals surface area contributed by atoms with E-state index in [4.69, 9.17) is 4.74 Å². The highest BCUT2D eigenvalue weighted by Gasteiger charge is 2.36. The van der Waals surface area contributed by atoms with E-state index in [1.165, 1.54) is 11.3 Å². The largest absolute Gasteiger partial charge is 0.488 e. The van der Waals surface area contributed by atoms with E-state index in [1.807, 2.05) is 37.3 Å². The zero-order valence-electron chi connectivity index (χ0n) is 14.4. The Morgan fingerprint density at radius 2 is 2.08 bits per heavy atom. The zero-order valence-corrected chi connectivity index (χ0v) is 15.3. The van der Waals surface area contributed by atoms with E-state index in [0.717, 1.165) is 27.1 Å². The topological polar surface area (TPSA) is 64.1 Å². The highest BCUT2D eigenvalue weighted by molar-refractivity contribution is 7.16. The quantitative estimate of drug-likeness (QED) is 0.722. The first-order chi connectivity index (χ1) is 12.6. The molecule has 132 valence electrons. The van der Waals surface area contributed by atoms with E-state index in [2.05, 4.69) is 21.9 Å². The van der Waals surface area contributed by atoms with Gasteiger partial charge in [-0.3, -0.25) is 9.78 Å². The molecule has 1 saturated carbocycles. The first kappa shape index (κ1) is 16.7. The van der Waals surface area contributed by atoms with Crippen molar-refractivity contribution < 1.29 is 9.53 Å². The summed E-state index contributed by atoms with van der Waals surface area (Å²) in [5, 5.41) is 4.57. The molecule has 6 heteroatoms. The number of ether oxygens (including phenoxy) is 1. The van der Waals surface area contributed by atoms with Crippen LogP contribution in [0.3, 0.4) is 0 Å². The molecule has 0 saturated heterocycles. The van der Waals surface area contributed by atoms with Crippen molar-refractivity contribution in [2.45, 2.75) is 25.9 Å². The van der Waals surface area contributed by atoms with Gasteiger partial charge < -0.3 is 10.1 Å². The van der Waals surface area contributed by atoms with Crippen LogP contribution < -0.4 is 10.1 Å². The van der Waals surface area contributed by atoms with Gasteiger partial charge in [-0.2, -0.15) is 0 Å². The molecule has 0 atom stereocenters. The molecule has 3 aromatic rings. The molecule has 4 rings (SSSR count). The molecule has 1 amide bonds. The lowest BCUT2D eigenvalue weighted by molar-refractivity contribution is -0.125. The molecule has 2 aromatic heterocycles. The van der Waals surface area contributed by atoms with Crippen LogP contribution in [0.2, 0.25) is 0 Å². The number of fused-ring (bicyclic) bond motifs is 1. The molecule has 1 aromatic carbocycles. The van der Waals surface area contributed by atoms with Crippen molar-refractivity contribution in [1.29, 1.82) is 0 Å². The SMILES string of the molecule is C=C(C)c1cnc(NC(=O)[C@H]2C[C@H](Oc3cccc4cccnc34)C2)s1. The van der Waals surface area contributed by atoms with Gasteiger partial charge >= 0.3 is 0 Å². The number of hydrogen-bond acceptors (Lipinski definition) is 5. The van der Waals surface area contributed by atoms with Gasteiger partial charge in [0.05, 0.1) is 4.88 Å². The number of allylic oxidation sites excluding steroid dienone is 1. The van der Waals surface area contributed by atoms with Gasteiger partial charge in [0.15, 0.2) is 5.13 Å². The Kier molecular flexibility index (Phi) is 4.42. The third-order valence-corrected chi connectivity index (χ3v) is 5.59. The van der Waals surface area contributed by atoms with E-state index in [0.29, 0.717) is 18.0 Å². The smallest absolute Gasteiger partial charge is 0.229 e. The van der Waals surface area contributed by atoms with Gasteiger partial charge in [0.1, 0.15) is 17.4 Å². The Balaban J connectivity index is 1.34. The zero-order chi connectivity index (χ0) is 18.1. The Morgan fingerprint density at radius 1 is 1.27 bits per heavy atom. The third-order valence-electron chi connectivity index (χ3n) is 4.51. The molecule has 1 aliphatic rings. The molecule has 0 aliphatic heterocycles. The number of benzene rings is 1. The van der Waals surface area contributed by atoms with Gasteiger partial charge in [-0.15, -0.1) is 0 Å². The number of amides is 1. The minimum Gasteiger partial charge on any atom is -0.488 e. The Hall–Kier alpha value is -2.73. The maximum absolute atomic E-state index is 12.3. The molecule has 0 unspecified atom stereocenters. The summed E-state index contributed by atoms with van der Waals surface area (Å²) in [4.78, 5) is 22.0. The molecule has 2 heterocycles. The molecule has 5 nitrogen and oxygen atoms in total. The predicted molar refractivity (Wildman–Crippen MR) is 104 cm³/mol. The van der Waals surface area contributed by atoms with Crippen molar-refractivity contribution in [2.24, 2.45) is 5.92 Å². The summed E-state index contributed by atoms with van der Waals surface area (Å²) in [6.07, 6.45) is 4.95. The van der Waals surface area contributed by atoms with E-state index in [-0.39, 0.29) is 17.9 Å². The van der Waals surface area contributed by atoms with E-state index in [9.17, 15) is 4.79 Å². The van der Waals surface area contributed by atoms with Crippen LogP contribution in [0.15, 0.2) is 49.3 Å². The Bertz CT molecular complexity index is 971. The lowest BCUT2D eigenvalue weighted by atomic mass is 9.81. The normalized spacial score (nSPS) is 19.0. The summed E-state index contributed by atoms with van der Waals surface area (Å²) in [5.74, 6) is 0.738. The van der Waals surface area contributed by atoms with Gasteiger partial charge in [-0.05, 0) is 37.5 Å². The molecule has 1 fully saturated rings. The standard InChI is InChI=1S/C20H19N3O2S/c1-12(2)17-11-22-20(26-17)23-19(24)14-9-15(10-14)25-16-7-3-5-13-6-4-8-21-18(13)16/h3-8,11,14-15H,1,9-10H2,2H3,(H,22,23,24)/t14-,15-. The molecule has 0 radical (unpaired) electrons. The molecular weight excluding hydrogens is 346 g/mol. The summed E-state index contributed by atoms with van der Waals surface area (Å²) >= 11 is 1.44. The van der Waals surface area contributed by atoms with Crippen LogP contribution in [0.1, 0.15) is 24.6 Å². The number of anilines is 1. The van der Waals surface area contributed by atoms with Crippen LogP contribution >= 0.6 is 11.3 Å². The summed E-state index contributed by atoms with van der Waals surface area (Å²) in [6.45, 7) is 5.81. The minimum absolute atomic E-state index is 0.00325. The molecule has 0 bridgehead atoms. The summed E-state index contributed by atoms with van der Waals surface area (Å²) in [5.41, 5.74) is 1.81. The second-order valence-corrected chi connectivity index (χ2v) is 7.57. The number of thiazole rings is 1. The number of aromatic nitrogens is 2. The lowest BCUT2D eigenvalue weighted by Gasteiger charge is -2.34. The maximum atomic E-state index is 12.3. The van der Waals surface area contributed by atoms with Gasteiger partial charge in [0, 0.05) is 23.7 Å². The maximum Gasteiger partial charge on any atom is 0.229 e. The fourth-order valence-corrected chi connectivity index (χ4v) is 3.71. The van der Waals surface area contributed by atoms with Crippen molar-refractivity contribution in [3.05, 3.63) is 54.2 Å². The molecule has 1 N–H and O–H groups in total. The minimum atomic E-state index is -0.0416. The van der Waals surface area contributed by atoms with Crippen molar-refractivity contribution in [1.82, 2.24) is 9.97 Å². The van der Waals surface area contributed by atoms with E-state index < -0.39 is 0 Å². The summed E-state index contributed by atoms with van der Waals surface area (Å²) in [7, 11) is 0. The molecule has 0 spiro atoms. The summed E-state index contributed by atoms with van der Waals surface area (Å²) in [6, 6.07) is 9.83. The fraction of sp³-hybridized carbons (Fsp3) is 0.250. The highest BCUT2D eigenvalue weighted by Crippen LogP contribution is 2.35.